The van der Waals surface area contributed by atoms with Gasteiger partial charge in [0.2, 0.25) is 10.0 Å². The number of imidazole rings is 1. The molecule has 96 valence electrons. The van der Waals surface area contributed by atoms with Crippen LogP contribution in [0.1, 0.15) is 12.2 Å². The van der Waals surface area contributed by atoms with Gasteiger partial charge >= 0.3 is 0 Å². The molecule has 0 amide bonds. The minimum absolute atomic E-state index is 0.183. The van der Waals surface area contributed by atoms with Crippen LogP contribution < -0.4 is 4.72 Å². The van der Waals surface area contributed by atoms with Crippen molar-refractivity contribution in [1.82, 2.24) is 19.7 Å². The van der Waals surface area contributed by atoms with Gasteiger partial charge in [-0.25, -0.2) is 18.1 Å². The Morgan fingerprint density at radius 1 is 1.33 bits per heavy atom. The van der Waals surface area contributed by atoms with E-state index in [1.807, 2.05) is 0 Å². The van der Waals surface area contributed by atoms with Crippen LogP contribution in [0.4, 0.5) is 0 Å². The summed E-state index contributed by atoms with van der Waals surface area (Å²) in [7, 11) is -3.44. The normalized spacial score (nSPS) is 11.6. The lowest BCUT2D eigenvalue weighted by atomic mass is 10.3. The first-order chi connectivity index (χ1) is 8.68. The maximum absolute atomic E-state index is 11.8. The van der Waals surface area contributed by atoms with Gasteiger partial charge in [-0.1, -0.05) is 0 Å². The number of nitrogens with one attached hydrogen (secondary N) is 2. The van der Waals surface area contributed by atoms with Crippen LogP contribution in [0.3, 0.4) is 0 Å². The van der Waals surface area contributed by atoms with Crippen LogP contribution in [0.5, 0.6) is 0 Å². The van der Waals surface area contributed by atoms with Gasteiger partial charge in [0.1, 0.15) is 10.7 Å². The maximum Gasteiger partial charge on any atom is 0.242 e. The molecule has 0 unspecified atom stereocenters. The van der Waals surface area contributed by atoms with Crippen molar-refractivity contribution in [1.29, 1.82) is 0 Å². The summed E-state index contributed by atoms with van der Waals surface area (Å²) in [4.78, 5) is 11.0. The van der Waals surface area contributed by atoms with Gasteiger partial charge in [0, 0.05) is 37.8 Å². The highest BCUT2D eigenvalue weighted by Crippen LogP contribution is 2.05. The second kappa shape index (κ2) is 5.74. The molecule has 2 aromatic heterocycles. The van der Waals surface area contributed by atoms with Gasteiger partial charge < -0.3 is 4.98 Å². The minimum atomic E-state index is -3.44. The van der Waals surface area contributed by atoms with Crippen LogP contribution in [0, 0.1) is 0 Å². The van der Waals surface area contributed by atoms with Crippen LogP contribution in [0.15, 0.2) is 41.8 Å². The average Bonchev–Trinajstić information content (AvgIpc) is 2.89. The third kappa shape index (κ3) is 3.38. The highest BCUT2D eigenvalue weighted by molar-refractivity contribution is 7.89. The lowest BCUT2D eigenvalue weighted by molar-refractivity contribution is 0.578. The van der Waals surface area contributed by atoms with Gasteiger partial charge in [-0.15, -0.1) is 0 Å². The van der Waals surface area contributed by atoms with Crippen LogP contribution in [-0.4, -0.2) is 29.9 Å². The van der Waals surface area contributed by atoms with E-state index in [0.717, 1.165) is 5.82 Å². The van der Waals surface area contributed by atoms with Gasteiger partial charge in [0.05, 0.1) is 0 Å². The molecule has 2 N–H and O–H groups in total. The highest BCUT2D eigenvalue weighted by Gasteiger charge is 2.12. The lowest BCUT2D eigenvalue weighted by Gasteiger charge is -2.05. The molecule has 0 aromatic carbocycles. The van der Waals surface area contributed by atoms with E-state index in [9.17, 15) is 8.42 Å². The Labute approximate surface area is 106 Å². The van der Waals surface area contributed by atoms with Crippen LogP contribution >= 0.6 is 0 Å². The average molecular weight is 266 g/mol. The molecule has 2 aromatic rings. The summed E-state index contributed by atoms with van der Waals surface area (Å²) in [5, 5.41) is 0. The summed E-state index contributed by atoms with van der Waals surface area (Å²) >= 11 is 0. The number of aryl methyl sites for hydroxylation is 1. The number of H-pyrrole nitrogens is 1. The summed E-state index contributed by atoms with van der Waals surface area (Å²) in [6, 6.07) is 3.11. The summed E-state index contributed by atoms with van der Waals surface area (Å²) in [5.41, 5.74) is 0. The van der Waals surface area contributed by atoms with Crippen LogP contribution in [0.25, 0.3) is 0 Å². The van der Waals surface area contributed by atoms with Crippen LogP contribution in [0.2, 0.25) is 0 Å². The Hall–Kier alpha value is -1.73. The number of rotatable bonds is 6. The van der Waals surface area contributed by atoms with E-state index in [2.05, 4.69) is 19.7 Å². The Morgan fingerprint density at radius 2 is 2.22 bits per heavy atom. The molecule has 0 bridgehead atoms. The van der Waals surface area contributed by atoms with Gasteiger partial charge in [0.15, 0.2) is 0 Å². The monoisotopic (exact) mass is 266 g/mol. The minimum Gasteiger partial charge on any atom is -0.349 e. The number of aromatic amines is 1. The van der Waals surface area contributed by atoms with E-state index in [1.165, 1.54) is 18.5 Å². The Bertz CT molecular complexity index is 566. The van der Waals surface area contributed by atoms with E-state index >= 15 is 0 Å². The first-order valence-electron chi connectivity index (χ1n) is 5.56. The molecule has 0 saturated carbocycles. The zero-order valence-electron chi connectivity index (χ0n) is 9.70. The van der Waals surface area contributed by atoms with E-state index in [1.54, 1.807) is 18.5 Å². The third-order valence-electron chi connectivity index (χ3n) is 2.38. The molecule has 7 heteroatoms. The molecule has 0 spiro atoms. The lowest BCUT2D eigenvalue weighted by Crippen LogP contribution is -2.25. The van der Waals surface area contributed by atoms with E-state index in [0.29, 0.717) is 19.4 Å². The quantitative estimate of drug-likeness (QED) is 0.754. The number of aromatic nitrogens is 3. The smallest absolute Gasteiger partial charge is 0.242 e. The van der Waals surface area contributed by atoms with Gasteiger partial charge in [-0.05, 0) is 18.6 Å². The third-order valence-corrected chi connectivity index (χ3v) is 3.83. The Balaban J connectivity index is 1.83. The molecule has 2 rings (SSSR count). The summed E-state index contributed by atoms with van der Waals surface area (Å²) in [5.74, 6) is 0.857. The van der Waals surface area contributed by atoms with Gasteiger partial charge in [-0.2, -0.15) is 0 Å². The van der Waals surface area contributed by atoms with Crippen molar-refractivity contribution in [2.75, 3.05) is 6.54 Å². The molecule has 0 radical (unpaired) electrons. The number of hydrogen-bond donors (Lipinski definition) is 2. The van der Waals surface area contributed by atoms with Crippen molar-refractivity contribution in [3.05, 3.63) is 42.7 Å². The van der Waals surface area contributed by atoms with E-state index < -0.39 is 10.0 Å². The van der Waals surface area contributed by atoms with E-state index in [-0.39, 0.29) is 4.90 Å². The molecule has 0 aliphatic rings. The number of sulfonamides is 1. The molecule has 6 nitrogen and oxygen atoms in total. The maximum atomic E-state index is 11.8. The second-order valence-corrected chi connectivity index (χ2v) is 5.49. The van der Waals surface area contributed by atoms with Gasteiger partial charge in [-0.3, -0.25) is 4.98 Å². The topological polar surface area (TPSA) is 87.7 Å². The van der Waals surface area contributed by atoms with Crippen molar-refractivity contribution in [3.8, 4) is 0 Å². The number of nitrogens with zero attached hydrogens (tertiary/aromatic N) is 2. The number of pyridine rings is 1. The van der Waals surface area contributed by atoms with Crippen molar-refractivity contribution < 1.29 is 8.42 Å². The first-order valence-corrected chi connectivity index (χ1v) is 7.05. The molecular formula is C11H14N4O2S. The molecule has 18 heavy (non-hydrogen) atoms. The molecule has 0 fully saturated rings. The summed E-state index contributed by atoms with van der Waals surface area (Å²) in [6.07, 6.45) is 7.69. The first kappa shape index (κ1) is 12.7. The molecule has 0 atom stereocenters. The fourth-order valence-electron chi connectivity index (χ4n) is 1.49. The molecule has 2 heterocycles. The SMILES string of the molecule is O=S(=O)(NCCCc1ncc[nH]1)c1cccnc1. The van der Waals surface area contributed by atoms with Crippen molar-refractivity contribution in [2.24, 2.45) is 0 Å². The predicted molar refractivity (Wildman–Crippen MR) is 66.3 cm³/mol. The largest absolute Gasteiger partial charge is 0.349 e. The molecule has 0 aliphatic heterocycles. The van der Waals surface area contributed by atoms with Gasteiger partial charge in [0.25, 0.3) is 0 Å². The fraction of sp³-hybridized carbons (Fsp3) is 0.273. The zero-order valence-corrected chi connectivity index (χ0v) is 10.5. The standard InChI is InChI=1S/C11H14N4O2S/c16-18(17,10-3-1-5-12-9-10)15-6-2-4-11-13-7-8-14-11/h1,3,5,7-9,15H,2,4,6H2,(H,13,14). The number of hydrogen-bond acceptors (Lipinski definition) is 4. The zero-order chi connectivity index (χ0) is 12.8. The van der Waals surface area contributed by atoms with Crippen LogP contribution in [-0.2, 0) is 16.4 Å². The van der Waals surface area contributed by atoms with Crippen molar-refractivity contribution in [2.45, 2.75) is 17.7 Å². The molecule has 0 saturated heterocycles. The Kier molecular flexibility index (Phi) is 4.06. The Morgan fingerprint density at radius 3 is 2.89 bits per heavy atom. The molecular weight excluding hydrogens is 252 g/mol. The fourth-order valence-corrected chi connectivity index (χ4v) is 2.52. The predicted octanol–water partition coefficient (Wildman–Crippen LogP) is 0.716. The molecule has 0 aliphatic carbocycles. The van der Waals surface area contributed by atoms with E-state index in [4.69, 9.17) is 0 Å². The van der Waals surface area contributed by atoms with Crippen molar-refractivity contribution in [3.63, 3.8) is 0 Å². The summed E-state index contributed by atoms with van der Waals surface area (Å²) < 4.78 is 26.2. The van der Waals surface area contributed by atoms with Crippen molar-refractivity contribution >= 4 is 10.0 Å². The summed E-state index contributed by atoms with van der Waals surface area (Å²) in [6.45, 7) is 0.373. The second-order valence-electron chi connectivity index (χ2n) is 3.73. The highest BCUT2D eigenvalue weighted by atomic mass is 32.2.